The van der Waals surface area contributed by atoms with Crippen LogP contribution >= 0.6 is 0 Å². The summed E-state index contributed by atoms with van der Waals surface area (Å²) < 4.78 is 35.6. The first kappa shape index (κ1) is 11.3. The SMILES string of the molecule is O=S(=O)(O)c1ccc(N2CCOCC2)nc1. The lowest BCUT2D eigenvalue weighted by molar-refractivity contribution is 0.122. The van der Waals surface area contributed by atoms with Crippen LogP contribution in [-0.4, -0.2) is 44.3 Å². The fraction of sp³-hybridized carbons (Fsp3) is 0.444. The third-order valence-electron chi connectivity index (χ3n) is 2.35. The zero-order valence-corrected chi connectivity index (χ0v) is 9.35. The van der Waals surface area contributed by atoms with Gasteiger partial charge in [0.2, 0.25) is 0 Å². The van der Waals surface area contributed by atoms with E-state index in [1.165, 1.54) is 6.07 Å². The van der Waals surface area contributed by atoms with Crippen molar-refractivity contribution in [2.24, 2.45) is 0 Å². The van der Waals surface area contributed by atoms with Gasteiger partial charge in [0.25, 0.3) is 10.1 Å². The van der Waals surface area contributed by atoms with E-state index >= 15 is 0 Å². The van der Waals surface area contributed by atoms with Crippen molar-refractivity contribution in [3.05, 3.63) is 18.3 Å². The number of ether oxygens (including phenoxy) is 1. The molecule has 0 aromatic carbocycles. The molecule has 0 bridgehead atoms. The first-order chi connectivity index (χ1) is 7.57. The highest BCUT2D eigenvalue weighted by Gasteiger charge is 2.14. The molecule has 1 aromatic rings. The highest BCUT2D eigenvalue weighted by Crippen LogP contribution is 2.15. The van der Waals surface area contributed by atoms with E-state index in [4.69, 9.17) is 9.29 Å². The second-order valence-electron chi connectivity index (χ2n) is 3.43. The standard InChI is InChI=1S/C9H12N2O4S/c12-16(13,14)8-1-2-9(10-7-8)11-3-5-15-6-4-11/h1-2,7H,3-6H2,(H,12,13,14). The zero-order valence-electron chi connectivity index (χ0n) is 8.54. The molecule has 0 unspecified atom stereocenters. The fourth-order valence-corrected chi connectivity index (χ4v) is 1.93. The molecule has 0 radical (unpaired) electrons. The molecule has 1 aliphatic heterocycles. The van der Waals surface area contributed by atoms with Gasteiger partial charge in [0, 0.05) is 13.1 Å². The Morgan fingerprint density at radius 2 is 2.00 bits per heavy atom. The Morgan fingerprint density at radius 3 is 2.50 bits per heavy atom. The third kappa shape index (κ3) is 2.49. The molecule has 0 saturated carbocycles. The molecule has 6 nitrogen and oxygen atoms in total. The van der Waals surface area contributed by atoms with Crippen LogP contribution in [0.25, 0.3) is 0 Å². The van der Waals surface area contributed by atoms with Gasteiger partial charge in [-0.3, -0.25) is 4.55 Å². The molecule has 0 atom stereocenters. The van der Waals surface area contributed by atoms with Gasteiger partial charge in [-0.25, -0.2) is 4.98 Å². The Labute approximate surface area is 93.6 Å². The lowest BCUT2D eigenvalue weighted by Crippen LogP contribution is -2.36. The van der Waals surface area contributed by atoms with Crippen LogP contribution in [0.5, 0.6) is 0 Å². The molecule has 0 aliphatic carbocycles. The molecule has 0 amide bonds. The molecular weight excluding hydrogens is 232 g/mol. The lowest BCUT2D eigenvalue weighted by atomic mass is 10.4. The second-order valence-corrected chi connectivity index (χ2v) is 4.85. The molecule has 16 heavy (non-hydrogen) atoms. The summed E-state index contributed by atoms with van der Waals surface area (Å²) in [6.07, 6.45) is 1.15. The molecule has 1 aliphatic rings. The molecule has 2 rings (SSSR count). The van der Waals surface area contributed by atoms with Gasteiger partial charge in [-0.2, -0.15) is 8.42 Å². The quantitative estimate of drug-likeness (QED) is 0.747. The summed E-state index contributed by atoms with van der Waals surface area (Å²) in [5, 5.41) is 0. The highest BCUT2D eigenvalue weighted by atomic mass is 32.2. The number of rotatable bonds is 2. The van der Waals surface area contributed by atoms with Crippen LogP contribution in [0.15, 0.2) is 23.2 Å². The van der Waals surface area contributed by atoms with Crippen LogP contribution in [-0.2, 0) is 14.9 Å². The first-order valence-electron chi connectivity index (χ1n) is 4.83. The summed E-state index contributed by atoms with van der Waals surface area (Å²) in [5.74, 6) is 0.690. The summed E-state index contributed by atoms with van der Waals surface area (Å²) >= 11 is 0. The van der Waals surface area contributed by atoms with Gasteiger partial charge in [-0.15, -0.1) is 0 Å². The van der Waals surface area contributed by atoms with Gasteiger partial charge in [0.05, 0.1) is 19.4 Å². The van der Waals surface area contributed by atoms with Gasteiger partial charge in [-0.05, 0) is 12.1 Å². The van der Waals surface area contributed by atoms with Gasteiger partial charge in [0.15, 0.2) is 0 Å². The van der Waals surface area contributed by atoms with E-state index in [1.807, 2.05) is 4.90 Å². The molecule has 0 spiro atoms. The van der Waals surface area contributed by atoms with E-state index in [2.05, 4.69) is 4.98 Å². The maximum absolute atomic E-state index is 10.8. The Hall–Kier alpha value is -1.18. The van der Waals surface area contributed by atoms with E-state index in [9.17, 15) is 8.42 Å². The maximum Gasteiger partial charge on any atom is 0.296 e. The first-order valence-corrected chi connectivity index (χ1v) is 6.27. The topological polar surface area (TPSA) is 79.7 Å². The van der Waals surface area contributed by atoms with Gasteiger partial charge in [0.1, 0.15) is 10.7 Å². The van der Waals surface area contributed by atoms with Crippen molar-refractivity contribution in [3.8, 4) is 0 Å². The number of hydrogen-bond donors (Lipinski definition) is 1. The number of nitrogens with zero attached hydrogens (tertiary/aromatic N) is 2. The Balaban J connectivity index is 2.18. The van der Waals surface area contributed by atoms with Crippen molar-refractivity contribution in [2.75, 3.05) is 31.2 Å². The third-order valence-corrected chi connectivity index (χ3v) is 3.19. The van der Waals surface area contributed by atoms with Crippen LogP contribution < -0.4 is 4.90 Å². The van der Waals surface area contributed by atoms with Crippen molar-refractivity contribution in [1.29, 1.82) is 0 Å². The van der Waals surface area contributed by atoms with Gasteiger partial charge in [-0.1, -0.05) is 0 Å². The summed E-state index contributed by atoms with van der Waals surface area (Å²) in [5.41, 5.74) is 0. The number of aromatic nitrogens is 1. The van der Waals surface area contributed by atoms with Crippen LogP contribution in [0.4, 0.5) is 5.82 Å². The summed E-state index contributed by atoms with van der Waals surface area (Å²) in [7, 11) is -4.16. The largest absolute Gasteiger partial charge is 0.378 e. The van der Waals surface area contributed by atoms with E-state index in [0.29, 0.717) is 19.0 Å². The van der Waals surface area contributed by atoms with Crippen molar-refractivity contribution in [3.63, 3.8) is 0 Å². The minimum atomic E-state index is -4.16. The summed E-state index contributed by atoms with van der Waals surface area (Å²) in [6, 6.07) is 2.92. The van der Waals surface area contributed by atoms with Crippen molar-refractivity contribution in [2.45, 2.75) is 4.90 Å². The van der Waals surface area contributed by atoms with Crippen LogP contribution in [0.2, 0.25) is 0 Å². The Bertz CT molecular complexity index is 451. The molecule has 88 valence electrons. The predicted octanol–water partition coefficient (Wildman–Crippen LogP) is 0.165. The van der Waals surface area contributed by atoms with Crippen molar-refractivity contribution < 1.29 is 17.7 Å². The lowest BCUT2D eigenvalue weighted by Gasteiger charge is -2.27. The highest BCUT2D eigenvalue weighted by molar-refractivity contribution is 7.85. The minimum Gasteiger partial charge on any atom is -0.378 e. The fourth-order valence-electron chi connectivity index (χ4n) is 1.50. The molecule has 1 N–H and O–H groups in total. The number of anilines is 1. The smallest absolute Gasteiger partial charge is 0.296 e. The number of morpholine rings is 1. The van der Waals surface area contributed by atoms with E-state index in [1.54, 1.807) is 6.07 Å². The van der Waals surface area contributed by atoms with Crippen LogP contribution in [0, 0.1) is 0 Å². The Kier molecular flexibility index (Phi) is 3.08. The van der Waals surface area contributed by atoms with E-state index in [-0.39, 0.29) is 4.90 Å². The number of hydrogen-bond acceptors (Lipinski definition) is 5. The summed E-state index contributed by atoms with van der Waals surface area (Å²) in [6.45, 7) is 2.75. The summed E-state index contributed by atoms with van der Waals surface area (Å²) in [4.78, 5) is 5.81. The van der Waals surface area contributed by atoms with E-state index < -0.39 is 10.1 Å². The Morgan fingerprint density at radius 1 is 1.31 bits per heavy atom. The van der Waals surface area contributed by atoms with Crippen molar-refractivity contribution >= 4 is 15.9 Å². The monoisotopic (exact) mass is 244 g/mol. The molecule has 7 heteroatoms. The average molecular weight is 244 g/mol. The normalized spacial score (nSPS) is 17.4. The van der Waals surface area contributed by atoms with Gasteiger partial charge < -0.3 is 9.64 Å². The number of pyridine rings is 1. The average Bonchev–Trinajstić information content (AvgIpc) is 2.29. The molecule has 1 aromatic heterocycles. The molecule has 1 fully saturated rings. The van der Waals surface area contributed by atoms with Crippen LogP contribution in [0.1, 0.15) is 0 Å². The van der Waals surface area contributed by atoms with Crippen molar-refractivity contribution in [1.82, 2.24) is 4.98 Å². The van der Waals surface area contributed by atoms with E-state index in [0.717, 1.165) is 19.3 Å². The molecule has 1 saturated heterocycles. The van der Waals surface area contributed by atoms with Crippen LogP contribution in [0.3, 0.4) is 0 Å². The second kappa shape index (κ2) is 4.36. The van der Waals surface area contributed by atoms with Gasteiger partial charge >= 0.3 is 0 Å². The minimum absolute atomic E-state index is 0.190. The maximum atomic E-state index is 10.8. The molecule has 2 heterocycles. The zero-order chi connectivity index (χ0) is 11.6. The molecular formula is C9H12N2O4S. The predicted molar refractivity (Wildman–Crippen MR) is 57.1 cm³/mol.